The Bertz CT molecular complexity index is 432. The summed E-state index contributed by atoms with van der Waals surface area (Å²) in [4.78, 5) is 11.5. The van der Waals surface area contributed by atoms with E-state index in [2.05, 4.69) is 10.6 Å². The minimum atomic E-state index is -4.32. The molecule has 1 amide bonds. The lowest BCUT2D eigenvalue weighted by Crippen LogP contribution is -2.25. The van der Waals surface area contributed by atoms with E-state index in [-0.39, 0.29) is 24.1 Å². The SMILES string of the molecule is CC(N)CC(=O)Nc1ccccc1NCC(F)(F)F. The Morgan fingerprint density at radius 3 is 2.42 bits per heavy atom. The first-order valence-electron chi connectivity index (χ1n) is 5.73. The monoisotopic (exact) mass is 275 g/mol. The van der Waals surface area contributed by atoms with Crippen molar-refractivity contribution in [1.82, 2.24) is 0 Å². The zero-order chi connectivity index (χ0) is 14.5. The number of halogens is 3. The molecule has 1 unspecified atom stereocenters. The van der Waals surface area contributed by atoms with E-state index >= 15 is 0 Å². The number of alkyl halides is 3. The summed E-state index contributed by atoms with van der Waals surface area (Å²) in [5.74, 6) is -0.337. The second-order valence-corrected chi connectivity index (χ2v) is 4.24. The second kappa shape index (κ2) is 6.42. The molecule has 19 heavy (non-hydrogen) atoms. The van der Waals surface area contributed by atoms with Crippen LogP contribution in [0.25, 0.3) is 0 Å². The summed E-state index contributed by atoms with van der Waals surface area (Å²) in [5.41, 5.74) is 6.00. The van der Waals surface area contributed by atoms with Crippen LogP contribution in [0, 0.1) is 0 Å². The number of para-hydroxylation sites is 2. The van der Waals surface area contributed by atoms with Gasteiger partial charge in [-0.25, -0.2) is 0 Å². The highest BCUT2D eigenvalue weighted by atomic mass is 19.4. The standard InChI is InChI=1S/C12H16F3N3O/c1-8(16)6-11(19)18-10-5-3-2-4-9(10)17-7-12(13,14)15/h2-5,8,17H,6-7,16H2,1H3,(H,18,19). The van der Waals surface area contributed by atoms with Crippen LogP contribution in [0.2, 0.25) is 0 Å². The third-order valence-corrected chi connectivity index (χ3v) is 2.19. The van der Waals surface area contributed by atoms with E-state index in [9.17, 15) is 18.0 Å². The van der Waals surface area contributed by atoms with Crippen molar-refractivity contribution < 1.29 is 18.0 Å². The number of hydrogen-bond donors (Lipinski definition) is 3. The van der Waals surface area contributed by atoms with Gasteiger partial charge in [0.15, 0.2) is 0 Å². The summed E-state index contributed by atoms with van der Waals surface area (Å²) in [6.45, 7) is 0.514. The largest absolute Gasteiger partial charge is 0.405 e. The van der Waals surface area contributed by atoms with Gasteiger partial charge in [0.2, 0.25) is 5.91 Å². The van der Waals surface area contributed by atoms with Gasteiger partial charge in [0.05, 0.1) is 11.4 Å². The molecule has 106 valence electrons. The molecule has 4 nitrogen and oxygen atoms in total. The summed E-state index contributed by atoms with van der Waals surface area (Å²) < 4.78 is 36.4. The van der Waals surface area contributed by atoms with E-state index in [1.807, 2.05) is 0 Å². The summed E-state index contributed by atoms with van der Waals surface area (Å²) >= 11 is 0. The van der Waals surface area contributed by atoms with Crippen LogP contribution in [0.1, 0.15) is 13.3 Å². The Balaban J connectivity index is 2.70. The fourth-order valence-electron chi connectivity index (χ4n) is 1.44. The highest BCUT2D eigenvalue weighted by molar-refractivity contribution is 5.94. The van der Waals surface area contributed by atoms with Crippen molar-refractivity contribution >= 4 is 17.3 Å². The van der Waals surface area contributed by atoms with Gasteiger partial charge in [0.25, 0.3) is 0 Å². The van der Waals surface area contributed by atoms with Gasteiger partial charge in [-0.2, -0.15) is 13.2 Å². The quantitative estimate of drug-likeness (QED) is 0.772. The maximum atomic E-state index is 12.1. The van der Waals surface area contributed by atoms with E-state index in [1.54, 1.807) is 19.1 Å². The maximum absolute atomic E-state index is 12.1. The van der Waals surface area contributed by atoms with Crippen molar-refractivity contribution in [2.75, 3.05) is 17.2 Å². The third-order valence-electron chi connectivity index (χ3n) is 2.19. The van der Waals surface area contributed by atoms with Crippen molar-refractivity contribution in [2.45, 2.75) is 25.6 Å². The van der Waals surface area contributed by atoms with Gasteiger partial charge in [-0.15, -0.1) is 0 Å². The minimum Gasteiger partial charge on any atom is -0.375 e. The van der Waals surface area contributed by atoms with Gasteiger partial charge in [0.1, 0.15) is 6.54 Å². The van der Waals surface area contributed by atoms with Crippen LogP contribution in [-0.2, 0) is 4.79 Å². The van der Waals surface area contributed by atoms with Gasteiger partial charge in [0, 0.05) is 12.5 Å². The number of anilines is 2. The number of amides is 1. The molecule has 1 aromatic carbocycles. The predicted octanol–water partition coefficient (Wildman–Crippen LogP) is 2.34. The first-order chi connectivity index (χ1) is 8.78. The smallest absolute Gasteiger partial charge is 0.375 e. The molecule has 0 aliphatic carbocycles. The van der Waals surface area contributed by atoms with Crippen LogP contribution >= 0.6 is 0 Å². The Hall–Kier alpha value is -1.76. The van der Waals surface area contributed by atoms with Crippen molar-refractivity contribution in [2.24, 2.45) is 5.73 Å². The van der Waals surface area contributed by atoms with Crippen molar-refractivity contribution in [3.63, 3.8) is 0 Å². The van der Waals surface area contributed by atoms with Crippen LogP contribution in [0.3, 0.4) is 0 Å². The molecule has 0 heterocycles. The van der Waals surface area contributed by atoms with Crippen LogP contribution in [-0.4, -0.2) is 24.7 Å². The van der Waals surface area contributed by atoms with Crippen LogP contribution in [0.5, 0.6) is 0 Å². The molecule has 0 aromatic heterocycles. The first-order valence-corrected chi connectivity index (χ1v) is 5.73. The lowest BCUT2D eigenvalue weighted by atomic mass is 10.2. The van der Waals surface area contributed by atoms with Gasteiger partial charge in [-0.1, -0.05) is 12.1 Å². The number of nitrogens with one attached hydrogen (secondary N) is 2. The molecule has 0 radical (unpaired) electrons. The lowest BCUT2D eigenvalue weighted by molar-refractivity contribution is -0.116. The molecule has 0 saturated heterocycles. The number of benzene rings is 1. The molecule has 0 aliphatic rings. The second-order valence-electron chi connectivity index (χ2n) is 4.24. The third kappa shape index (κ3) is 6.10. The average Bonchev–Trinajstić information content (AvgIpc) is 2.25. The number of carbonyl (C=O) groups excluding carboxylic acids is 1. The number of carbonyl (C=O) groups is 1. The molecule has 1 rings (SSSR count). The fourth-order valence-corrected chi connectivity index (χ4v) is 1.44. The molecule has 7 heteroatoms. The average molecular weight is 275 g/mol. The van der Waals surface area contributed by atoms with E-state index in [4.69, 9.17) is 5.73 Å². The molecule has 0 spiro atoms. The highest BCUT2D eigenvalue weighted by Crippen LogP contribution is 2.23. The molecule has 1 atom stereocenters. The lowest BCUT2D eigenvalue weighted by Gasteiger charge is -2.14. The minimum absolute atomic E-state index is 0.105. The van der Waals surface area contributed by atoms with Gasteiger partial charge < -0.3 is 16.4 Å². The molecule has 4 N–H and O–H groups in total. The van der Waals surface area contributed by atoms with E-state index in [0.29, 0.717) is 5.69 Å². The normalized spacial score (nSPS) is 12.9. The van der Waals surface area contributed by atoms with Crippen molar-refractivity contribution in [1.29, 1.82) is 0 Å². The predicted molar refractivity (Wildman–Crippen MR) is 67.9 cm³/mol. The fraction of sp³-hybridized carbons (Fsp3) is 0.417. The molecular weight excluding hydrogens is 259 g/mol. The zero-order valence-electron chi connectivity index (χ0n) is 10.4. The Kier molecular flexibility index (Phi) is 5.17. The van der Waals surface area contributed by atoms with Gasteiger partial charge in [-0.3, -0.25) is 4.79 Å². The molecular formula is C12H16F3N3O. The van der Waals surface area contributed by atoms with Crippen LogP contribution in [0.4, 0.5) is 24.5 Å². The molecule has 0 fully saturated rings. The van der Waals surface area contributed by atoms with Crippen molar-refractivity contribution in [3.8, 4) is 0 Å². The molecule has 1 aromatic rings. The van der Waals surface area contributed by atoms with Crippen LogP contribution < -0.4 is 16.4 Å². The Morgan fingerprint density at radius 1 is 1.32 bits per heavy atom. The summed E-state index contributed by atoms with van der Waals surface area (Å²) in [5, 5.41) is 4.77. The highest BCUT2D eigenvalue weighted by Gasteiger charge is 2.27. The summed E-state index contributed by atoms with van der Waals surface area (Å²) in [6.07, 6.45) is -4.21. The number of nitrogens with two attached hydrogens (primary N) is 1. The molecule has 0 saturated carbocycles. The Labute approximate surface area is 109 Å². The van der Waals surface area contributed by atoms with Gasteiger partial charge >= 0.3 is 6.18 Å². The van der Waals surface area contributed by atoms with E-state index in [1.165, 1.54) is 12.1 Å². The first kappa shape index (κ1) is 15.3. The maximum Gasteiger partial charge on any atom is 0.405 e. The van der Waals surface area contributed by atoms with Crippen LogP contribution in [0.15, 0.2) is 24.3 Å². The van der Waals surface area contributed by atoms with Gasteiger partial charge in [-0.05, 0) is 19.1 Å². The molecule has 0 aliphatic heterocycles. The Morgan fingerprint density at radius 2 is 1.89 bits per heavy atom. The van der Waals surface area contributed by atoms with E-state index in [0.717, 1.165) is 0 Å². The van der Waals surface area contributed by atoms with E-state index < -0.39 is 12.7 Å². The molecule has 0 bridgehead atoms. The van der Waals surface area contributed by atoms with Crippen molar-refractivity contribution in [3.05, 3.63) is 24.3 Å². The summed E-state index contributed by atoms with van der Waals surface area (Å²) in [7, 11) is 0. The zero-order valence-corrected chi connectivity index (χ0v) is 10.4. The summed E-state index contributed by atoms with van der Waals surface area (Å²) in [6, 6.07) is 5.89. The topological polar surface area (TPSA) is 67.2 Å². The number of rotatable bonds is 5. The number of hydrogen-bond acceptors (Lipinski definition) is 3.